The normalized spacial score (nSPS) is 27.4. The van der Waals surface area contributed by atoms with Crippen LogP contribution in [-0.4, -0.2) is 66.0 Å². The Hall–Kier alpha value is -1.86. The molecular weight excluding hydrogens is 346 g/mol. The van der Waals surface area contributed by atoms with Crippen molar-refractivity contribution < 1.29 is 18.7 Å². The van der Waals surface area contributed by atoms with Crippen molar-refractivity contribution in [3.05, 3.63) is 23.2 Å². The first-order valence-electron chi connectivity index (χ1n) is 9.68. The fourth-order valence-corrected chi connectivity index (χ4v) is 4.21. The van der Waals surface area contributed by atoms with Crippen LogP contribution < -0.4 is 5.73 Å². The molecule has 1 saturated heterocycles. The Morgan fingerprint density at radius 1 is 1.22 bits per heavy atom. The van der Waals surface area contributed by atoms with Crippen LogP contribution in [0.3, 0.4) is 0 Å². The lowest BCUT2D eigenvalue weighted by atomic mass is 9.54. The zero-order chi connectivity index (χ0) is 20.0. The van der Waals surface area contributed by atoms with E-state index in [4.69, 9.17) is 14.9 Å². The van der Waals surface area contributed by atoms with E-state index in [1.54, 1.807) is 22.8 Å². The van der Waals surface area contributed by atoms with Crippen LogP contribution in [0.15, 0.2) is 10.5 Å². The number of piperazine rings is 1. The molecule has 2 unspecified atom stereocenters. The highest BCUT2D eigenvalue weighted by Crippen LogP contribution is 2.50. The fraction of sp³-hybridized carbons (Fsp3) is 0.700. The highest BCUT2D eigenvalue weighted by Gasteiger charge is 2.63. The second kappa shape index (κ2) is 6.95. The Kier molecular flexibility index (Phi) is 5.12. The number of nitrogens with two attached hydrogens (primary N) is 1. The molecule has 2 atom stereocenters. The second-order valence-electron chi connectivity index (χ2n) is 8.25. The largest absolute Gasteiger partial charge is 0.466 e. The van der Waals surface area contributed by atoms with Gasteiger partial charge < -0.3 is 24.7 Å². The van der Waals surface area contributed by atoms with Gasteiger partial charge in [-0.15, -0.1) is 0 Å². The molecule has 7 nitrogen and oxygen atoms in total. The molecule has 0 radical (unpaired) electrons. The van der Waals surface area contributed by atoms with E-state index in [1.165, 1.54) is 0 Å². The second-order valence-corrected chi connectivity index (χ2v) is 8.25. The van der Waals surface area contributed by atoms with Crippen molar-refractivity contribution in [2.75, 3.05) is 32.8 Å². The molecule has 3 rings (SSSR count). The number of hydrogen-bond acceptors (Lipinski definition) is 5. The maximum Gasteiger partial charge on any atom is 0.257 e. The molecular formula is C20H31N3O4. The fourth-order valence-electron chi connectivity index (χ4n) is 4.21. The minimum absolute atomic E-state index is 0.00613. The van der Waals surface area contributed by atoms with Gasteiger partial charge in [-0.3, -0.25) is 9.59 Å². The first-order valence-corrected chi connectivity index (χ1v) is 9.68. The van der Waals surface area contributed by atoms with E-state index >= 15 is 0 Å². The van der Waals surface area contributed by atoms with E-state index in [0.717, 1.165) is 5.76 Å². The molecule has 1 saturated carbocycles. The van der Waals surface area contributed by atoms with E-state index in [-0.39, 0.29) is 17.9 Å². The van der Waals surface area contributed by atoms with Crippen molar-refractivity contribution in [2.45, 2.75) is 52.7 Å². The van der Waals surface area contributed by atoms with Gasteiger partial charge in [-0.25, -0.2) is 0 Å². The van der Waals surface area contributed by atoms with Gasteiger partial charge in [-0.05, 0) is 26.8 Å². The van der Waals surface area contributed by atoms with Gasteiger partial charge >= 0.3 is 0 Å². The summed E-state index contributed by atoms with van der Waals surface area (Å²) in [6.07, 6.45) is 0.547. The van der Waals surface area contributed by atoms with Crippen LogP contribution in [0, 0.1) is 19.3 Å². The Balaban J connectivity index is 1.62. The average Bonchev–Trinajstić information content (AvgIpc) is 2.98. The van der Waals surface area contributed by atoms with E-state index in [0.29, 0.717) is 50.5 Å². The summed E-state index contributed by atoms with van der Waals surface area (Å²) in [5.41, 5.74) is 5.81. The third kappa shape index (κ3) is 3.17. The van der Waals surface area contributed by atoms with Crippen LogP contribution in [0.5, 0.6) is 0 Å². The standard InChI is InChI=1S/C20H31N3O4/c1-6-26-16-12-20(21,19(16,4)5)18(25)23-9-7-22(8-10-23)17(24)15-11-13(2)27-14(15)3/h11,16H,6-10,12,21H2,1-5H3. The third-order valence-electron chi connectivity index (χ3n) is 6.34. The smallest absolute Gasteiger partial charge is 0.257 e. The zero-order valence-corrected chi connectivity index (χ0v) is 17.0. The molecule has 0 aromatic carbocycles. The van der Waals surface area contributed by atoms with E-state index in [1.807, 2.05) is 27.7 Å². The lowest BCUT2D eigenvalue weighted by Gasteiger charge is -2.59. The van der Waals surface area contributed by atoms with Gasteiger partial charge in [-0.2, -0.15) is 0 Å². The Morgan fingerprint density at radius 2 is 1.81 bits per heavy atom. The monoisotopic (exact) mass is 377 g/mol. The van der Waals surface area contributed by atoms with Crippen LogP contribution in [0.25, 0.3) is 0 Å². The molecule has 1 aromatic heterocycles. The van der Waals surface area contributed by atoms with Crippen LogP contribution >= 0.6 is 0 Å². The molecule has 1 aliphatic heterocycles. The molecule has 2 aliphatic rings. The molecule has 7 heteroatoms. The number of hydrogen-bond donors (Lipinski definition) is 1. The van der Waals surface area contributed by atoms with Crippen molar-refractivity contribution >= 4 is 11.8 Å². The number of ether oxygens (including phenoxy) is 1. The predicted octanol–water partition coefficient (Wildman–Crippen LogP) is 1.71. The predicted molar refractivity (Wildman–Crippen MR) is 101 cm³/mol. The molecule has 2 amide bonds. The minimum atomic E-state index is -0.905. The van der Waals surface area contributed by atoms with Gasteiger partial charge in [0.15, 0.2) is 0 Å². The highest BCUT2D eigenvalue weighted by atomic mass is 16.5. The SMILES string of the molecule is CCOC1CC(N)(C(=O)N2CCN(C(=O)c3cc(C)oc3C)CC2)C1(C)C. The summed E-state index contributed by atoms with van der Waals surface area (Å²) < 4.78 is 11.2. The summed E-state index contributed by atoms with van der Waals surface area (Å²) in [5, 5.41) is 0. The van der Waals surface area contributed by atoms with E-state index in [2.05, 4.69) is 0 Å². The first-order chi connectivity index (χ1) is 12.6. The number of amides is 2. The Morgan fingerprint density at radius 3 is 2.30 bits per heavy atom. The van der Waals surface area contributed by atoms with Crippen molar-refractivity contribution in [3.8, 4) is 0 Å². The van der Waals surface area contributed by atoms with E-state index in [9.17, 15) is 9.59 Å². The topological polar surface area (TPSA) is 89.0 Å². The number of nitrogens with zero attached hydrogens (tertiary/aromatic N) is 2. The van der Waals surface area contributed by atoms with Gasteiger partial charge in [-0.1, -0.05) is 13.8 Å². The molecule has 1 aromatic rings. The number of aryl methyl sites for hydroxylation is 2. The summed E-state index contributed by atoms with van der Waals surface area (Å²) in [6.45, 7) is 12.2. The van der Waals surface area contributed by atoms with Gasteiger partial charge in [0.05, 0.1) is 11.7 Å². The van der Waals surface area contributed by atoms with E-state index < -0.39 is 11.0 Å². The maximum absolute atomic E-state index is 13.1. The van der Waals surface area contributed by atoms with Gasteiger partial charge in [0, 0.05) is 44.6 Å². The molecule has 2 fully saturated rings. The molecule has 150 valence electrons. The van der Waals surface area contributed by atoms with Crippen molar-refractivity contribution in [3.63, 3.8) is 0 Å². The number of furan rings is 1. The number of rotatable bonds is 4. The zero-order valence-electron chi connectivity index (χ0n) is 17.0. The Labute approximate surface area is 160 Å². The van der Waals surface area contributed by atoms with Crippen LogP contribution in [-0.2, 0) is 9.53 Å². The minimum Gasteiger partial charge on any atom is -0.466 e. The van der Waals surface area contributed by atoms with Gasteiger partial charge in [0.1, 0.15) is 17.1 Å². The van der Waals surface area contributed by atoms with Gasteiger partial charge in [0.25, 0.3) is 5.91 Å². The third-order valence-corrected chi connectivity index (χ3v) is 6.34. The lowest BCUT2D eigenvalue weighted by Crippen LogP contribution is -2.76. The number of carbonyl (C=O) groups excluding carboxylic acids is 2. The Bertz CT molecular complexity index is 734. The molecule has 0 spiro atoms. The molecule has 2 N–H and O–H groups in total. The molecule has 1 aliphatic carbocycles. The molecule has 2 heterocycles. The van der Waals surface area contributed by atoms with Crippen molar-refractivity contribution in [1.82, 2.24) is 9.80 Å². The molecule has 27 heavy (non-hydrogen) atoms. The summed E-state index contributed by atoms with van der Waals surface area (Å²) in [7, 11) is 0. The molecule has 0 bridgehead atoms. The summed E-state index contributed by atoms with van der Waals surface area (Å²) >= 11 is 0. The lowest BCUT2D eigenvalue weighted by molar-refractivity contribution is -0.180. The average molecular weight is 377 g/mol. The van der Waals surface area contributed by atoms with Crippen LogP contribution in [0.4, 0.5) is 0 Å². The van der Waals surface area contributed by atoms with Crippen molar-refractivity contribution in [1.29, 1.82) is 0 Å². The van der Waals surface area contributed by atoms with Gasteiger partial charge in [0.2, 0.25) is 5.91 Å². The highest BCUT2D eigenvalue weighted by molar-refractivity contribution is 5.95. The maximum atomic E-state index is 13.1. The van der Waals surface area contributed by atoms with Crippen LogP contribution in [0.1, 0.15) is 49.1 Å². The number of carbonyl (C=O) groups is 2. The first kappa shape index (κ1) is 19.9. The van der Waals surface area contributed by atoms with Crippen molar-refractivity contribution in [2.24, 2.45) is 11.1 Å². The quantitative estimate of drug-likeness (QED) is 0.863. The summed E-state index contributed by atoms with van der Waals surface area (Å²) in [4.78, 5) is 29.4. The summed E-state index contributed by atoms with van der Waals surface area (Å²) in [5.74, 6) is 1.28. The van der Waals surface area contributed by atoms with Crippen LogP contribution in [0.2, 0.25) is 0 Å². The summed E-state index contributed by atoms with van der Waals surface area (Å²) in [6, 6.07) is 1.77.